The molecule has 3 aromatic carbocycles. The Kier molecular flexibility index (Phi) is 3.75. The third-order valence-corrected chi connectivity index (χ3v) is 4.01. The molecule has 0 aliphatic heterocycles. The van der Waals surface area contributed by atoms with Gasteiger partial charge in [-0.2, -0.15) is 0 Å². The molecule has 3 nitrogen and oxygen atoms in total. The number of oxazole rings is 1. The number of anilines is 1. The number of nitrogens with one attached hydrogen (secondary N) is 1. The van der Waals surface area contributed by atoms with Crippen LogP contribution in [0.1, 0.15) is 6.92 Å². The van der Waals surface area contributed by atoms with Crippen molar-refractivity contribution in [1.29, 1.82) is 0 Å². The molecule has 4 rings (SSSR count). The Morgan fingerprint density at radius 2 is 1.54 bits per heavy atom. The van der Waals surface area contributed by atoms with Crippen molar-refractivity contribution in [2.75, 3.05) is 11.9 Å². The first-order chi connectivity index (χ1) is 11.8. The number of fused-ring (bicyclic) bond motifs is 1. The molecule has 118 valence electrons. The highest BCUT2D eigenvalue weighted by Crippen LogP contribution is 2.28. The van der Waals surface area contributed by atoms with Crippen LogP contribution in [0.4, 0.5) is 5.69 Å². The molecule has 0 saturated carbocycles. The first kappa shape index (κ1) is 14.5. The fraction of sp³-hybridized carbons (Fsp3) is 0.0952. The van der Waals surface area contributed by atoms with Crippen molar-refractivity contribution in [3.05, 3.63) is 72.8 Å². The van der Waals surface area contributed by atoms with Crippen LogP contribution in [0.15, 0.2) is 77.2 Å². The van der Waals surface area contributed by atoms with Crippen molar-refractivity contribution < 1.29 is 4.42 Å². The standard InChI is InChI=1S/C21H18N2O/c1-2-22-18-12-13-20-19(14-18)23-21(24-20)17-10-8-16(9-11-17)15-6-4-3-5-7-15/h3-14,22H,2H2,1H3. The molecule has 0 saturated heterocycles. The van der Waals surface area contributed by atoms with Crippen LogP contribution >= 0.6 is 0 Å². The maximum Gasteiger partial charge on any atom is 0.227 e. The second kappa shape index (κ2) is 6.20. The molecule has 24 heavy (non-hydrogen) atoms. The number of hydrogen-bond donors (Lipinski definition) is 1. The molecule has 0 unspecified atom stereocenters. The van der Waals surface area contributed by atoms with Crippen molar-refractivity contribution >= 4 is 16.8 Å². The van der Waals surface area contributed by atoms with Gasteiger partial charge in [0, 0.05) is 17.8 Å². The molecule has 0 bridgehead atoms. The minimum absolute atomic E-state index is 0.651. The van der Waals surface area contributed by atoms with Crippen LogP contribution in [0, 0.1) is 0 Å². The summed E-state index contributed by atoms with van der Waals surface area (Å²) in [5, 5.41) is 3.29. The Bertz CT molecular complexity index is 956. The summed E-state index contributed by atoms with van der Waals surface area (Å²) in [6, 6.07) is 24.6. The predicted molar refractivity (Wildman–Crippen MR) is 99.0 cm³/mol. The second-order valence-electron chi connectivity index (χ2n) is 5.68. The van der Waals surface area contributed by atoms with E-state index >= 15 is 0 Å². The first-order valence-corrected chi connectivity index (χ1v) is 8.14. The van der Waals surface area contributed by atoms with Crippen LogP contribution in [0.3, 0.4) is 0 Å². The highest BCUT2D eigenvalue weighted by molar-refractivity contribution is 5.80. The largest absolute Gasteiger partial charge is 0.436 e. The Balaban J connectivity index is 1.67. The maximum atomic E-state index is 5.89. The Morgan fingerprint density at radius 3 is 2.29 bits per heavy atom. The zero-order chi connectivity index (χ0) is 16.4. The molecule has 1 N–H and O–H groups in total. The number of rotatable bonds is 4. The molecule has 0 aliphatic carbocycles. The van der Waals surface area contributed by atoms with Crippen molar-refractivity contribution in [2.24, 2.45) is 0 Å². The number of nitrogens with zero attached hydrogens (tertiary/aromatic N) is 1. The smallest absolute Gasteiger partial charge is 0.227 e. The van der Waals surface area contributed by atoms with Crippen LogP contribution in [0.5, 0.6) is 0 Å². The van der Waals surface area contributed by atoms with Gasteiger partial charge in [0.2, 0.25) is 5.89 Å². The van der Waals surface area contributed by atoms with E-state index in [2.05, 4.69) is 53.6 Å². The second-order valence-corrected chi connectivity index (χ2v) is 5.68. The van der Waals surface area contributed by atoms with E-state index in [0.29, 0.717) is 5.89 Å². The lowest BCUT2D eigenvalue weighted by Gasteiger charge is -2.02. The fourth-order valence-corrected chi connectivity index (χ4v) is 2.80. The van der Waals surface area contributed by atoms with Gasteiger partial charge < -0.3 is 9.73 Å². The number of aromatic nitrogens is 1. The topological polar surface area (TPSA) is 38.1 Å². The van der Waals surface area contributed by atoms with Gasteiger partial charge in [-0.1, -0.05) is 42.5 Å². The van der Waals surface area contributed by atoms with Gasteiger partial charge in [0.05, 0.1) is 0 Å². The average Bonchev–Trinajstić information content (AvgIpc) is 3.06. The Labute approximate surface area is 141 Å². The van der Waals surface area contributed by atoms with Crippen LogP contribution < -0.4 is 5.32 Å². The summed E-state index contributed by atoms with van der Waals surface area (Å²) in [6.45, 7) is 2.96. The van der Waals surface area contributed by atoms with E-state index in [1.807, 2.05) is 36.4 Å². The summed E-state index contributed by atoms with van der Waals surface area (Å²) < 4.78 is 5.89. The first-order valence-electron chi connectivity index (χ1n) is 8.14. The van der Waals surface area contributed by atoms with Crippen LogP contribution in [-0.4, -0.2) is 11.5 Å². The SMILES string of the molecule is CCNc1ccc2oc(-c3ccc(-c4ccccc4)cc3)nc2c1. The van der Waals surface area contributed by atoms with Crippen LogP contribution in [0.2, 0.25) is 0 Å². The summed E-state index contributed by atoms with van der Waals surface area (Å²) in [7, 11) is 0. The quantitative estimate of drug-likeness (QED) is 0.533. The summed E-state index contributed by atoms with van der Waals surface area (Å²) in [6.07, 6.45) is 0. The molecule has 0 amide bonds. The molecular formula is C21H18N2O. The summed E-state index contributed by atoms with van der Waals surface area (Å²) in [5.41, 5.74) is 6.11. The van der Waals surface area contributed by atoms with E-state index in [-0.39, 0.29) is 0 Å². The number of benzene rings is 3. The minimum atomic E-state index is 0.651. The number of hydrogen-bond acceptors (Lipinski definition) is 3. The molecule has 4 aromatic rings. The lowest BCUT2D eigenvalue weighted by Crippen LogP contribution is -1.95. The lowest BCUT2D eigenvalue weighted by atomic mass is 10.0. The molecule has 0 spiro atoms. The minimum Gasteiger partial charge on any atom is -0.436 e. The summed E-state index contributed by atoms with van der Waals surface area (Å²) in [4.78, 5) is 4.62. The average molecular weight is 314 g/mol. The van der Waals surface area contributed by atoms with Gasteiger partial charge in [-0.25, -0.2) is 4.98 Å². The van der Waals surface area contributed by atoms with Gasteiger partial charge in [-0.05, 0) is 48.4 Å². The van der Waals surface area contributed by atoms with E-state index in [9.17, 15) is 0 Å². The van der Waals surface area contributed by atoms with Crippen molar-refractivity contribution in [1.82, 2.24) is 4.98 Å². The van der Waals surface area contributed by atoms with Crippen LogP contribution in [-0.2, 0) is 0 Å². The van der Waals surface area contributed by atoms with E-state index in [4.69, 9.17) is 4.42 Å². The van der Waals surface area contributed by atoms with E-state index in [0.717, 1.165) is 28.9 Å². The van der Waals surface area contributed by atoms with Crippen molar-refractivity contribution in [2.45, 2.75) is 6.92 Å². The van der Waals surface area contributed by atoms with Gasteiger partial charge in [-0.15, -0.1) is 0 Å². The Hall–Kier alpha value is -3.07. The zero-order valence-corrected chi connectivity index (χ0v) is 13.5. The van der Waals surface area contributed by atoms with Gasteiger partial charge >= 0.3 is 0 Å². The third-order valence-electron chi connectivity index (χ3n) is 4.01. The molecular weight excluding hydrogens is 296 g/mol. The summed E-state index contributed by atoms with van der Waals surface area (Å²) in [5.74, 6) is 0.651. The highest BCUT2D eigenvalue weighted by Gasteiger charge is 2.09. The van der Waals surface area contributed by atoms with Crippen LogP contribution in [0.25, 0.3) is 33.7 Å². The highest BCUT2D eigenvalue weighted by atomic mass is 16.3. The zero-order valence-electron chi connectivity index (χ0n) is 13.5. The molecule has 0 fully saturated rings. The van der Waals surface area contributed by atoms with Gasteiger partial charge in [-0.3, -0.25) is 0 Å². The Morgan fingerprint density at radius 1 is 0.833 bits per heavy atom. The lowest BCUT2D eigenvalue weighted by molar-refractivity contribution is 0.620. The molecule has 0 atom stereocenters. The predicted octanol–water partition coefficient (Wildman–Crippen LogP) is 5.59. The third kappa shape index (κ3) is 2.76. The van der Waals surface area contributed by atoms with Crippen molar-refractivity contribution in [3.8, 4) is 22.6 Å². The monoisotopic (exact) mass is 314 g/mol. The summed E-state index contributed by atoms with van der Waals surface area (Å²) >= 11 is 0. The van der Waals surface area contributed by atoms with Gasteiger partial charge in [0.25, 0.3) is 0 Å². The van der Waals surface area contributed by atoms with E-state index in [1.54, 1.807) is 0 Å². The molecule has 3 heteroatoms. The van der Waals surface area contributed by atoms with E-state index in [1.165, 1.54) is 11.1 Å². The van der Waals surface area contributed by atoms with E-state index < -0.39 is 0 Å². The molecule has 1 aromatic heterocycles. The normalized spacial score (nSPS) is 10.9. The molecule has 0 radical (unpaired) electrons. The van der Waals surface area contributed by atoms with Gasteiger partial charge in [0.1, 0.15) is 5.52 Å². The molecule has 0 aliphatic rings. The maximum absolute atomic E-state index is 5.89. The molecule has 1 heterocycles. The van der Waals surface area contributed by atoms with Crippen molar-refractivity contribution in [3.63, 3.8) is 0 Å². The van der Waals surface area contributed by atoms with Gasteiger partial charge in [0.15, 0.2) is 5.58 Å². The fourth-order valence-electron chi connectivity index (χ4n) is 2.80.